The summed E-state index contributed by atoms with van der Waals surface area (Å²) < 4.78 is 33.7. The minimum absolute atomic E-state index is 0.0889. The van der Waals surface area contributed by atoms with Gasteiger partial charge >= 0.3 is 0 Å². The van der Waals surface area contributed by atoms with Crippen LogP contribution in [0.15, 0.2) is 54.7 Å². The number of alkyl halides is 1. The Balaban J connectivity index is 1.25. The number of halogens is 4. The molecule has 0 unspecified atom stereocenters. The molecule has 0 radical (unpaired) electrons. The lowest BCUT2D eigenvalue weighted by molar-refractivity contribution is -0.119. The molecular weight excluding hydrogens is 631 g/mol. The Morgan fingerprint density at radius 3 is 2.70 bits per heavy atom. The van der Waals surface area contributed by atoms with Crippen molar-refractivity contribution in [2.75, 3.05) is 33.4 Å². The molecule has 7 nitrogen and oxygen atoms in total. The normalized spacial score (nSPS) is 16.4. The first kappa shape index (κ1) is 32.3. The molecule has 1 saturated heterocycles. The van der Waals surface area contributed by atoms with E-state index in [2.05, 4.69) is 20.5 Å². The lowest BCUT2D eigenvalue weighted by Gasteiger charge is -2.29. The number of carbonyl (C=O) groups is 1. The molecule has 2 N–H and O–H groups in total. The van der Waals surface area contributed by atoms with E-state index in [9.17, 15) is 9.18 Å². The van der Waals surface area contributed by atoms with Crippen molar-refractivity contribution in [3.63, 3.8) is 0 Å². The minimum Gasteiger partial charge on any atom is -0.481 e. The first-order valence-electron chi connectivity index (χ1n) is 15.4. The summed E-state index contributed by atoms with van der Waals surface area (Å²) in [6.07, 6.45) is 4.15. The van der Waals surface area contributed by atoms with E-state index in [0.29, 0.717) is 101 Å². The molecular formula is C35H35Cl2F2N5O2. The van der Waals surface area contributed by atoms with Gasteiger partial charge in [-0.15, -0.1) is 0 Å². The average molecular weight is 667 g/mol. The summed E-state index contributed by atoms with van der Waals surface area (Å²) >= 11 is 14.0. The van der Waals surface area contributed by atoms with Gasteiger partial charge in [-0.05, 0) is 49.1 Å². The van der Waals surface area contributed by atoms with Crippen molar-refractivity contribution < 1.29 is 18.3 Å². The summed E-state index contributed by atoms with van der Waals surface area (Å²) in [5.74, 6) is 0.252. The number of hydrogen-bond donors (Lipinski definition) is 2. The van der Waals surface area contributed by atoms with E-state index < -0.39 is 0 Å². The van der Waals surface area contributed by atoms with Crippen LogP contribution in [0.1, 0.15) is 36.0 Å². The van der Waals surface area contributed by atoms with Gasteiger partial charge < -0.3 is 15.4 Å². The largest absolute Gasteiger partial charge is 0.481 e. The quantitative estimate of drug-likeness (QED) is 0.179. The lowest BCUT2D eigenvalue weighted by Crippen LogP contribution is -2.35. The number of ether oxygens (including phenoxy) is 1. The van der Waals surface area contributed by atoms with Crippen LogP contribution in [0.5, 0.6) is 5.88 Å². The summed E-state index contributed by atoms with van der Waals surface area (Å²) in [6.45, 7) is 2.64. The van der Waals surface area contributed by atoms with E-state index >= 15 is 4.39 Å². The van der Waals surface area contributed by atoms with E-state index in [-0.39, 0.29) is 24.4 Å². The first-order valence-corrected chi connectivity index (χ1v) is 16.2. The molecule has 2 aromatic carbocycles. The Hall–Kier alpha value is -3.63. The third-order valence-electron chi connectivity index (χ3n) is 8.63. The molecule has 11 heteroatoms. The van der Waals surface area contributed by atoms with E-state index in [1.54, 1.807) is 19.4 Å². The maximum atomic E-state index is 15.4. The zero-order chi connectivity index (χ0) is 32.2. The molecule has 240 valence electrons. The Labute approximate surface area is 277 Å². The third kappa shape index (κ3) is 6.88. The van der Waals surface area contributed by atoms with Crippen LogP contribution in [0, 0.1) is 5.82 Å². The number of hydrogen-bond acceptors (Lipinski definition) is 6. The third-order valence-corrected chi connectivity index (χ3v) is 9.42. The zero-order valence-electron chi connectivity index (χ0n) is 25.5. The van der Waals surface area contributed by atoms with Crippen molar-refractivity contribution in [2.45, 2.75) is 44.8 Å². The summed E-state index contributed by atoms with van der Waals surface area (Å²) in [6, 6.07) is 14.9. The topological polar surface area (TPSA) is 79.4 Å². The highest BCUT2D eigenvalue weighted by Crippen LogP contribution is 2.42. The number of methoxy groups -OCH3 is 1. The molecule has 4 aromatic rings. The molecule has 0 bridgehead atoms. The number of carbonyl (C=O) groups excluding carboxylic acids is 1. The Kier molecular flexibility index (Phi) is 10.1. The second-order valence-corrected chi connectivity index (χ2v) is 12.4. The van der Waals surface area contributed by atoms with Gasteiger partial charge in [-0.25, -0.2) is 9.37 Å². The van der Waals surface area contributed by atoms with E-state index in [1.807, 2.05) is 36.4 Å². The van der Waals surface area contributed by atoms with Crippen LogP contribution >= 0.6 is 23.2 Å². The van der Waals surface area contributed by atoms with Crippen LogP contribution in [0.4, 0.5) is 8.78 Å². The molecule has 2 aliphatic rings. The van der Waals surface area contributed by atoms with Gasteiger partial charge in [-0.1, -0.05) is 47.5 Å². The molecule has 2 aliphatic heterocycles. The van der Waals surface area contributed by atoms with Crippen molar-refractivity contribution in [3.05, 3.63) is 87.3 Å². The smallest absolute Gasteiger partial charge is 0.220 e. The summed E-state index contributed by atoms with van der Waals surface area (Å²) in [5.41, 5.74) is 6.21. The van der Waals surface area contributed by atoms with Crippen LogP contribution in [-0.2, 0) is 24.3 Å². The van der Waals surface area contributed by atoms with Crippen LogP contribution < -0.4 is 15.4 Å². The fourth-order valence-electron chi connectivity index (χ4n) is 6.22. The molecule has 1 atom stereocenters. The van der Waals surface area contributed by atoms with Crippen molar-refractivity contribution >= 4 is 29.1 Å². The molecule has 0 spiro atoms. The van der Waals surface area contributed by atoms with Crippen LogP contribution in [-0.4, -0.2) is 60.2 Å². The van der Waals surface area contributed by atoms with Crippen molar-refractivity contribution in [1.82, 2.24) is 25.5 Å². The Morgan fingerprint density at radius 2 is 1.91 bits per heavy atom. The zero-order valence-corrected chi connectivity index (χ0v) is 27.0. The van der Waals surface area contributed by atoms with Crippen LogP contribution in [0.2, 0.25) is 10.0 Å². The maximum Gasteiger partial charge on any atom is 0.220 e. The van der Waals surface area contributed by atoms with Gasteiger partial charge in [0.1, 0.15) is 5.82 Å². The second-order valence-electron chi connectivity index (χ2n) is 11.7. The number of fused-ring (bicyclic) bond motifs is 1. The van der Waals surface area contributed by atoms with Crippen molar-refractivity contribution in [1.29, 1.82) is 0 Å². The van der Waals surface area contributed by atoms with Crippen molar-refractivity contribution in [3.8, 4) is 39.5 Å². The van der Waals surface area contributed by atoms with Crippen molar-refractivity contribution in [2.24, 2.45) is 0 Å². The van der Waals surface area contributed by atoms with Gasteiger partial charge in [0.05, 0.1) is 35.2 Å². The summed E-state index contributed by atoms with van der Waals surface area (Å²) in [5, 5.41) is 7.16. The number of aromatic nitrogens is 2. The van der Waals surface area contributed by atoms with Gasteiger partial charge in [0.15, 0.2) is 0 Å². The Bertz CT molecular complexity index is 1750. The standard InChI is InChI=1S/C35H35Cl2F2N5O2/c1-46-35-22(18-40-19-24-7-9-31(45)42-24)6-8-30(43-35)27-5-2-4-25(32(27)36)26-10-13-41-34(33(26)37)23-16-21-11-15-44(14-3-12-38)20-28(21)29(39)17-23/h2,4-6,8,10,13,16-17,24,40H,3,7,9,11-12,14-15,18-20H2,1H3,(H,42,45)/t24-/m0/s1. The SMILES string of the molecule is COc1nc(-c2cccc(-c3ccnc(-c4cc(F)c5c(c4)CCN(CCCF)C5)c3Cl)c2Cl)ccc1CNC[C@@H]1CCC(=O)N1. The lowest BCUT2D eigenvalue weighted by atomic mass is 9.94. The van der Waals surface area contributed by atoms with E-state index in [1.165, 1.54) is 6.07 Å². The van der Waals surface area contributed by atoms with Gasteiger partial charge in [0.2, 0.25) is 11.8 Å². The Morgan fingerprint density at radius 1 is 1.09 bits per heavy atom. The number of benzene rings is 2. The number of rotatable bonds is 11. The molecule has 0 aliphatic carbocycles. The molecule has 2 aromatic heterocycles. The predicted octanol–water partition coefficient (Wildman–Crippen LogP) is 7.02. The highest BCUT2D eigenvalue weighted by atomic mass is 35.5. The van der Waals surface area contributed by atoms with Gasteiger partial charge in [0, 0.05) is 84.8 Å². The molecule has 46 heavy (non-hydrogen) atoms. The second kappa shape index (κ2) is 14.4. The highest BCUT2D eigenvalue weighted by Gasteiger charge is 2.23. The van der Waals surface area contributed by atoms with E-state index in [0.717, 1.165) is 24.1 Å². The van der Waals surface area contributed by atoms with Crippen LogP contribution in [0.25, 0.3) is 33.6 Å². The summed E-state index contributed by atoms with van der Waals surface area (Å²) in [4.78, 5) is 22.8. The number of pyridine rings is 2. The van der Waals surface area contributed by atoms with Gasteiger partial charge in [0.25, 0.3) is 0 Å². The highest BCUT2D eigenvalue weighted by molar-refractivity contribution is 6.39. The molecule has 0 saturated carbocycles. The molecule has 4 heterocycles. The summed E-state index contributed by atoms with van der Waals surface area (Å²) in [7, 11) is 1.58. The molecule has 1 amide bonds. The molecule has 1 fully saturated rings. The first-order chi connectivity index (χ1) is 22.4. The fourth-order valence-corrected chi connectivity index (χ4v) is 6.87. The minimum atomic E-state index is -0.378. The van der Waals surface area contributed by atoms with Gasteiger partial charge in [-0.3, -0.25) is 19.1 Å². The average Bonchev–Trinajstić information content (AvgIpc) is 3.49. The maximum absolute atomic E-state index is 15.4. The number of nitrogens with one attached hydrogen (secondary N) is 2. The fraction of sp³-hybridized carbons (Fsp3) is 0.343. The monoisotopic (exact) mass is 665 g/mol. The predicted molar refractivity (Wildman–Crippen MR) is 177 cm³/mol. The number of amides is 1. The van der Waals surface area contributed by atoms with Gasteiger partial charge in [-0.2, -0.15) is 0 Å². The molecule has 6 rings (SSSR count). The van der Waals surface area contributed by atoms with Crippen LogP contribution in [0.3, 0.4) is 0 Å². The van der Waals surface area contributed by atoms with E-state index in [4.69, 9.17) is 32.9 Å². The number of nitrogens with zero attached hydrogens (tertiary/aromatic N) is 3.